The monoisotopic (exact) mass is 290 g/mol. The van der Waals surface area contributed by atoms with Gasteiger partial charge >= 0.3 is 0 Å². The Balaban J connectivity index is 2.00. The average Bonchev–Trinajstić information content (AvgIpc) is 2.75. The fourth-order valence-corrected chi connectivity index (χ4v) is 2.86. The molecular formula is C14H14N2OS2. The summed E-state index contributed by atoms with van der Waals surface area (Å²) >= 11 is 6.94. The number of nitrogens with zero attached hydrogens (tertiary/aromatic N) is 2. The number of benzene rings is 1. The summed E-state index contributed by atoms with van der Waals surface area (Å²) in [5, 5.41) is 4.36. The number of carbonyl (C=O) groups is 1. The number of aldehydes is 1. The molecule has 0 aliphatic heterocycles. The summed E-state index contributed by atoms with van der Waals surface area (Å²) in [6, 6.07) is 9.53. The first-order chi connectivity index (χ1) is 9.10. The van der Waals surface area contributed by atoms with Crippen molar-refractivity contribution < 1.29 is 4.79 Å². The van der Waals surface area contributed by atoms with Gasteiger partial charge in [-0.15, -0.1) is 0 Å². The smallest absolute Gasteiger partial charge is 0.161 e. The predicted molar refractivity (Wildman–Crippen MR) is 82.8 cm³/mol. The van der Waals surface area contributed by atoms with Crippen molar-refractivity contribution in [2.45, 2.75) is 19.6 Å². The van der Waals surface area contributed by atoms with Gasteiger partial charge in [0.2, 0.25) is 0 Å². The highest BCUT2D eigenvalue weighted by molar-refractivity contribution is 8.22. The Morgan fingerprint density at radius 1 is 1.37 bits per heavy atom. The molecule has 0 radical (unpaired) electrons. The van der Waals surface area contributed by atoms with Crippen LogP contribution in [0.1, 0.15) is 27.3 Å². The zero-order valence-corrected chi connectivity index (χ0v) is 12.4. The van der Waals surface area contributed by atoms with Gasteiger partial charge in [-0.3, -0.25) is 4.79 Å². The van der Waals surface area contributed by atoms with E-state index in [1.165, 1.54) is 0 Å². The Bertz CT molecular complexity index is 602. The standard InChI is InChI=1S/C14H14N2OS2/c1-10-7-11(2)16(15-10)14(18)19-9-13-5-3-12(8-17)4-6-13/h3-8H,9H2,1-2H3. The van der Waals surface area contributed by atoms with Crippen molar-refractivity contribution in [1.82, 2.24) is 9.78 Å². The second kappa shape index (κ2) is 6.12. The summed E-state index contributed by atoms with van der Waals surface area (Å²) in [6.07, 6.45) is 0.845. The summed E-state index contributed by atoms with van der Waals surface area (Å²) in [5.41, 5.74) is 3.84. The molecule has 5 heteroatoms. The van der Waals surface area contributed by atoms with Gasteiger partial charge in [0.15, 0.2) is 4.32 Å². The van der Waals surface area contributed by atoms with Crippen LogP contribution in [0.15, 0.2) is 30.3 Å². The van der Waals surface area contributed by atoms with E-state index in [0.29, 0.717) is 5.56 Å². The Kier molecular flexibility index (Phi) is 4.50. The maximum Gasteiger partial charge on any atom is 0.161 e. The van der Waals surface area contributed by atoms with Gasteiger partial charge in [-0.05, 0) is 25.5 Å². The first-order valence-electron chi connectivity index (χ1n) is 5.84. The Morgan fingerprint density at radius 3 is 2.58 bits per heavy atom. The number of rotatable bonds is 3. The lowest BCUT2D eigenvalue weighted by Crippen LogP contribution is -2.09. The molecule has 0 saturated carbocycles. The molecule has 1 aromatic heterocycles. The van der Waals surface area contributed by atoms with Gasteiger partial charge in [0.1, 0.15) is 6.29 Å². The Labute approximate surface area is 122 Å². The molecule has 1 heterocycles. The molecule has 0 unspecified atom stereocenters. The second-order valence-corrected chi connectivity index (χ2v) is 5.86. The van der Waals surface area contributed by atoms with Crippen molar-refractivity contribution in [3.05, 3.63) is 52.8 Å². The molecule has 98 valence electrons. The van der Waals surface area contributed by atoms with E-state index in [1.54, 1.807) is 16.4 Å². The maximum absolute atomic E-state index is 10.6. The van der Waals surface area contributed by atoms with E-state index in [4.69, 9.17) is 12.2 Å². The molecule has 19 heavy (non-hydrogen) atoms. The van der Waals surface area contributed by atoms with E-state index >= 15 is 0 Å². The fraction of sp³-hybridized carbons (Fsp3) is 0.214. The van der Waals surface area contributed by atoms with Crippen LogP contribution >= 0.6 is 24.0 Å². The van der Waals surface area contributed by atoms with E-state index < -0.39 is 0 Å². The summed E-state index contributed by atoms with van der Waals surface area (Å²) in [4.78, 5) is 10.6. The molecule has 0 spiro atoms. The van der Waals surface area contributed by atoms with Gasteiger partial charge in [-0.1, -0.05) is 48.2 Å². The third-order valence-corrected chi connectivity index (χ3v) is 4.08. The lowest BCUT2D eigenvalue weighted by molar-refractivity contribution is 0.112. The molecule has 1 aromatic carbocycles. The molecule has 2 rings (SSSR count). The van der Waals surface area contributed by atoms with Gasteiger partial charge < -0.3 is 0 Å². The molecule has 0 atom stereocenters. The summed E-state index contributed by atoms with van der Waals surface area (Å²) < 4.78 is 2.53. The van der Waals surface area contributed by atoms with Gasteiger partial charge in [-0.2, -0.15) is 5.10 Å². The van der Waals surface area contributed by atoms with Crippen LogP contribution in [0.4, 0.5) is 0 Å². The third-order valence-electron chi connectivity index (χ3n) is 2.66. The van der Waals surface area contributed by atoms with E-state index in [-0.39, 0.29) is 0 Å². The first kappa shape index (κ1) is 14.0. The van der Waals surface area contributed by atoms with Gasteiger partial charge in [0.05, 0.1) is 5.69 Å². The minimum absolute atomic E-state index is 0.690. The highest BCUT2D eigenvalue weighted by Gasteiger charge is 2.07. The van der Waals surface area contributed by atoms with E-state index in [9.17, 15) is 4.79 Å². The first-order valence-corrected chi connectivity index (χ1v) is 7.24. The third kappa shape index (κ3) is 3.52. The van der Waals surface area contributed by atoms with E-state index in [2.05, 4.69) is 5.10 Å². The Hall–Kier alpha value is -1.46. The minimum atomic E-state index is 0.690. The van der Waals surface area contributed by atoms with Crippen molar-refractivity contribution in [2.24, 2.45) is 0 Å². The van der Waals surface area contributed by atoms with Crippen LogP contribution in [-0.4, -0.2) is 20.4 Å². The highest BCUT2D eigenvalue weighted by atomic mass is 32.2. The molecule has 0 amide bonds. The molecule has 0 fully saturated rings. The van der Waals surface area contributed by atoms with E-state index in [1.807, 2.05) is 44.2 Å². The van der Waals surface area contributed by atoms with Crippen LogP contribution in [0.2, 0.25) is 0 Å². The van der Waals surface area contributed by atoms with Crippen LogP contribution < -0.4 is 0 Å². The number of hydrogen-bond donors (Lipinski definition) is 0. The normalized spacial score (nSPS) is 10.4. The van der Waals surface area contributed by atoms with Crippen molar-refractivity contribution in [1.29, 1.82) is 0 Å². The van der Waals surface area contributed by atoms with Crippen LogP contribution in [0.5, 0.6) is 0 Å². The Morgan fingerprint density at radius 2 is 2.05 bits per heavy atom. The molecule has 0 N–H and O–H groups in total. The molecule has 0 saturated heterocycles. The summed E-state index contributed by atoms with van der Waals surface area (Å²) in [5.74, 6) is 0.774. The summed E-state index contributed by atoms with van der Waals surface area (Å²) in [7, 11) is 0. The molecule has 2 aromatic rings. The van der Waals surface area contributed by atoms with Crippen molar-refractivity contribution in [3.8, 4) is 0 Å². The number of carbonyl (C=O) groups excluding carboxylic acids is 1. The highest BCUT2D eigenvalue weighted by Crippen LogP contribution is 2.17. The molecule has 0 aliphatic rings. The largest absolute Gasteiger partial charge is 0.298 e. The molecule has 3 nitrogen and oxygen atoms in total. The molecular weight excluding hydrogens is 276 g/mol. The predicted octanol–water partition coefficient (Wildman–Crippen LogP) is 3.38. The van der Waals surface area contributed by atoms with Crippen LogP contribution in [0.25, 0.3) is 0 Å². The lowest BCUT2D eigenvalue weighted by Gasteiger charge is -2.06. The van der Waals surface area contributed by atoms with Crippen LogP contribution in [0.3, 0.4) is 0 Å². The SMILES string of the molecule is Cc1cc(C)n(C(=S)SCc2ccc(C=O)cc2)n1. The quantitative estimate of drug-likeness (QED) is 0.641. The fourth-order valence-electron chi connectivity index (χ4n) is 1.71. The number of thiocarbonyl (C=S) groups is 1. The van der Waals surface area contributed by atoms with Crippen molar-refractivity contribution in [3.63, 3.8) is 0 Å². The van der Waals surface area contributed by atoms with Crippen molar-refractivity contribution in [2.75, 3.05) is 0 Å². The minimum Gasteiger partial charge on any atom is -0.298 e. The van der Waals surface area contributed by atoms with Gasteiger partial charge in [0, 0.05) is 17.0 Å². The topological polar surface area (TPSA) is 34.9 Å². The summed E-state index contributed by atoms with van der Waals surface area (Å²) in [6.45, 7) is 3.95. The van der Waals surface area contributed by atoms with Crippen LogP contribution in [0, 0.1) is 13.8 Å². The number of thioether (sulfide) groups is 1. The van der Waals surface area contributed by atoms with Gasteiger partial charge in [0.25, 0.3) is 0 Å². The number of aryl methyl sites for hydroxylation is 2. The second-order valence-electron chi connectivity index (χ2n) is 4.25. The molecule has 0 bridgehead atoms. The number of hydrogen-bond acceptors (Lipinski definition) is 4. The van der Waals surface area contributed by atoms with E-state index in [0.717, 1.165) is 33.3 Å². The van der Waals surface area contributed by atoms with Crippen LogP contribution in [-0.2, 0) is 5.75 Å². The van der Waals surface area contributed by atoms with Crippen molar-refractivity contribution >= 4 is 34.6 Å². The zero-order valence-electron chi connectivity index (χ0n) is 10.8. The average molecular weight is 290 g/mol. The van der Waals surface area contributed by atoms with Gasteiger partial charge in [-0.25, -0.2) is 4.68 Å². The number of aromatic nitrogens is 2. The maximum atomic E-state index is 10.6. The zero-order chi connectivity index (χ0) is 13.8. The molecule has 0 aliphatic carbocycles. The lowest BCUT2D eigenvalue weighted by atomic mass is 10.2.